The summed E-state index contributed by atoms with van der Waals surface area (Å²) in [5, 5.41) is 57.6. The van der Waals surface area contributed by atoms with Gasteiger partial charge in [0.25, 0.3) is 10.2 Å². The number of aliphatic carboxylic acids is 1. The lowest BCUT2D eigenvalue weighted by Crippen LogP contribution is -2.33. The molecule has 78 heavy (non-hydrogen) atoms. The highest BCUT2D eigenvalue weighted by Crippen LogP contribution is 2.69. The summed E-state index contributed by atoms with van der Waals surface area (Å²) in [5.41, 5.74) is 1.36. The van der Waals surface area contributed by atoms with Crippen molar-refractivity contribution in [3.63, 3.8) is 0 Å². The molecule has 0 spiro atoms. The molecule has 9 aromatic rings. The summed E-state index contributed by atoms with van der Waals surface area (Å²) in [6, 6.07) is 29.8. The summed E-state index contributed by atoms with van der Waals surface area (Å²) in [7, 11) is -21.6. The van der Waals surface area contributed by atoms with Gasteiger partial charge in [-0.05, 0) is 34.5 Å². The van der Waals surface area contributed by atoms with Gasteiger partial charge in [0.15, 0.2) is 11.5 Å². The predicted molar refractivity (Wildman–Crippen MR) is 271 cm³/mol. The van der Waals surface area contributed by atoms with Gasteiger partial charge in [-0.3, -0.25) is 28.0 Å². The van der Waals surface area contributed by atoms with Crippen molar-refractivity contribution in [2.75, 3.05) is 0 Å². The van der Waals surface area contributed by atoms with Crippen LogP contribution in [0.4, 0.5) is 0 Å². The molecule has 9 rings (SSSR count). The molecule has 4 aromatic carbocycles. The number of aliphatic hydroxyl groups is 2. The Labute approximate surface area is 435 Å². The molecular weight excluding hydrogens is 1120 g/mol. The van der Waals surface area contributed by atoms with Crippen molar-refractivity contribution in [2.24, 2.45) is 0 Å². The molecule has 14 N–H and O–H groups in total. The number of carbonyl (C=O) groups is 4. The minimum Gasteiger partial charge on any atom is -0.480 e. The van der Waals surface area contributed by atoms with Crippen LogP contribution in [0, 0.1) is 0 Å². The van der Waals surface area contributed by atoms with Gasteiger partial charge in [0.05, 0.1) is 30.5 Å². The second-order valence-electron chi connectivity index (χ2n) is 16.7. The summed E-state index contributed by atoms with van der Waals surface area (Å²) >= 11 is 0. The number of nitrogens with zero attached hydrogens (tertiary/aromatic N) is 6. The first-order valence-corrected chi connectivity index (χ1v) is 28.1. The van der Waals surface area contributed by atoms with Crippen molar-refractivity contribution in [1.82, 2.24) is 28.8 Å². The van der Waals surface area contributed by atoms with Gasteiger partial charge >= 0.3 is 54.3 Å². The zero-order chi connectivity index (χ0) is 57.8. The van der Waals surface area contributed by atoms with E-state index < -0.39 is 77.4 Å². The molecule has 0 bridgehead atoms. The van der Waals surface area contributed by atoms with Crippen molar-refractivity contribution in [3.8, 4) is 0 Å². The summed E-state index contributed by atoms with van der Waals surface area (Å²) in [4.78, 5) is 123. The van der Waals surface area contributed by atoms with Crippen LogP contribution in [0.15, 0.2) is 139 Å². The Morgan fingerprint density at radius 2 is 1.04 bits per heavy atom. The summed E-state index contributed by atoms with van der Waals surface area (Å²) in [6.07, 6.45) is 5.13. The number of carboxylic acids is 4. The fraction of sp³-hybridized carbons (Fsp3) is 0.133. The van der Waals surface area contributed by atoms with Gasteiger partial charge in [-0.2, -0.15) is 0 Å². The summed E-state index contributed by atoms with van der Waals surface area (Å²) in [5.74, 6) is -4.20. The van der Waals surface area contributed by atoms with Gasteiger partial charge in [-0.25, -0.2) is 19.4 Å². The van der Waals surface area contributed by atoms with E-state index in [1.165, 1.54) is 47.4 Å². The third-order valence-electron chi connectivity index (χ3n) is 11.4. The maximum absolute atomic E-state index is 11.7. The first kappa shape index (κ1) is 59.7. The number of benzene rings is 4. The quantitative estimate of drug-likeness (QED) is 0.0636. The van der Waals surface area contributed by atoms with E-state index in [-0.39, 0.29) is 41.5 Å². The van der Waals surface area contributed by atoms with E-state index in [1.807, 2.05) is 72.8 Å². The fourth-order valence-corrected chi connectivity index (χ4v) is 11.9. The molecule has 5 aromatic heterocycles. The van der Waals surface area contributed by atoms with E-state index in [4.69, 9.17) is 53.9 Å². The first-order valence-electron chi connectivity index (χ1n) is 21.7. The zero-order valence-electron chi connectivity index (χ0n) is 39.4. The molecule has 0 aliphatic carbocycles. The Hall–Kier alpha value is -7.55. The lowest BCUT2D eigenvalue weighted by atomic mass is 10.1. The van der Waals surface area contributed by atoms with E-state index in [0.717, 1.165) is 54.9 Å². The Morgan fingerprint density at radius 1 is 0.551 bits per heavy atom. The Bertz CT molecular complexity index is 3850. The number of aromatic carboxylic acids is 3. The van der Waals surface area contributed by atoms with Gasteiger partial charge in [0, 0.05) is 58.8 Å². The van der Waals surface area contributed by atoms with Crippen molar-refractivity contribution >= 4 is 97.6 Å². The van der Waals surface area contributed by atoms with Crippen LogP contribution < -0.4 is 0 Å². The molecule has 0 saturated heterocycles. The Kier molecular flexibility index (Phi) is 17.7. The Balaban J connectivity index is 0.000000171. The Morgan fingerprint density at radius 3 is 1.46 bits per heavy atom. The highest BCUT2D eigenvalue weighted by molar-refractivity contribution is 7.72. The van der Waals surface area contributed by atoms with E-state index in [2.05, 4.69) is 15.1 Å². The lowest BCUT2D eigenvalue weighted by Gasteiger charge is -2.29. The van der Waals surface area contributed by atoms with Crippen molar-refractivity contribution in [1.29, 1.82) is 0 Å². The van der Waals surface area contributed by atoms with E-state index in [9.17, 15) is 57.9 Å². The molecule has 33 heteroatoms. The van der Waals surface area contributed by atoms with Crippen LogP contribution in [-0.4, -0.2) is 133 Å². The maximum atomic E-state index is 11.7. The largest absolute Gasteiger partial charge is 0.480 e. The van der Waals surface area contributed by atoms with E-state index in [0.29, 0.717) is 5.52 Å². The first-order chi connectivity index (χ1) is 36.3. The van der Waals surface area contributed by atoms with Crippen LogP contribution in [0.5, 0.6) is 0 Å². The number of rotatable bonds is 15. The molecule has 29 nitrogen and oxygen atoms in total. The highest BCUT2D eigenvalue weighted by atomic mass is 31.2. The number of carboxylic acid groups (broad SMARTS) is 4. The van der Waals surface area contributed by atoms with Gasteiger partial charge < -0.3 is 88.0 Å². The number of imidazole rings is 1. The molecule has 0 aliphatic rings. The summed E-state index contributed by atoms with van der Waals surface area (Å²) in [6.45, 7) is -1.26. The number of hydrogen-bond donors (Lipinski definition) is 14. The third-order valence-corrected chi connectivity index (χ3v) is 18.8. The van der Waals surface area contributed by atoms with Crippen LogP contribution in [0.25, 0.3) is 43.4 Å². The molecule has 0 saturated carbocycles. The molecule has 0 unspecified atom stereocenters. The maximum Gasteiger partial charge on any atom is 0.371 e. The smallest absolute Gasteiger partial charge is 0.371 e. The van der Waals surface area contributed by atoms with Crippen molar-refractivity contribution in [2.45, 2.75) is 36.2 Å². The average molecular weight is 1160 g/mol. The van der Waals surface area contributed by atoms with Crippen LogP contribution in [0.1, 0.15) is 42.8 Å². The predicted octanol–water partition coefficient (Wildman–Crippen LogP) is 4.31. The molecule has 0 aliphatic heterocycles. The molecule has 0 fully saturated rings. The molecular formula is C45H44N6O23P4. The molecule has 412 valence electrons. The monoisotopic (exact) mass is 1160 g/mol. The third kappa shape index (κ3) is 13.1. The average Bonchev–Trinajstić information content (AvgIpc) is 4.26. The molecule has 0 radical (unpaired) electrons. The van der Waals surface area contributed by atoms with Crippen LogP contribution in [0.2, 0.25) is 0 Å². The summed E-state index contributed by atoms with van der Waals surface area (Å²) < 4.78 is 52.9. The topological polar surface area (TPSA) is 486 Å². The second kappa shape index (κ2) is 23.2. The van der Waals surface area contributed by atoms with Gasteiger partial charge in [-0.15, -0.1) is 0 Å². The standard InChI is InChI=1S/C18H12N2O5.C15H11NO4.C7H11NO7P2.C5H10N2O7P2/c21-17(22)14-8-12(25-19-14)9-20-15(18(23)24)7-11-6-5-10-3-1-2-4-13(10)16(11)20;17-13(18)8-16-12(15(19)20)7-10-6-5-9-3-1-2-4-11(9)14(10)16;9-7(16(10,11)12,17(13,14)15)4-6-2-1-3-8-5-6;8-5(15(9,10)11,16(12,13)14)3-7-2-1-6-4-7/h1-8H,9H2,(H,21,22)(H,23,24);1-7H,8H2,(H,17,18)(H,19,20);1-3,5,9H,4H2,(H2,10,11,12)(H2,13,14,15);1-2,4,8H,3H2,(H2,9,10,11)(H2,12,13,14). The van der Waals surface area contributed by atoms with Gasteiger partial charge in [0.1, 0.15) is 17.9 Å². The second-order valence-corrected chi connectivity index (χ2v) is 24.7. The molecule has 0 atom stereocenters. The highest BCUT2D eigenvalue weighted by Gasteiger charge is 2.60. The number of pyridine rings is 1. The minimum atomic E-state index is -5.41. The van der Waals surface area contributed by atoms with Crippen LogP contribution in [-0.2, 0) is 49.1 Å². The SMILES string of the molecule is O=C(O)Cn1c(C(=O)O)cc2ccc3ccccc3c21.O=C(O)c1cc(Cn2c(C(=O)O)cc3ccc4ccccc4c32)on1.O=P(O)(O)C(O)(Cc1cccnc1)P(=O)(O)O.O=P(O)(O)C(O)(Cn1ccnc1)P(=O)(O)O. The molecule has 5 heterocycles. The van der Waals surface area contributed by atoms with Crippen molar-refractivity contribution in [3.05, 3.63) is 163 Å². The van der Waals surface area contributed by atoms with Crippen molar-refractivity contribution < 1.29 is 112 Å². The number of aromatic nitrogens is 6. The van der Waals surface area contributed by atoms with Crippen LogP contribution in [0.3, 0.4) is 0 Å². The van der Waals surface area contributed by atoms with Gasteiger partial charge in [-0.1, -0.05) is 84.0 Å². The van der Waals surface area contributed by atoms with E-state index >= 15 is 0 Å². The molecule has 0 amide bonds. The number of hydrogen-bond acceptors (Lipinski definition) is 14. The van der Waals surface area contributed by atoms with E-state index in [1.54, 1.807) is 10.6 Å². The van der Waals surface area contributed by atoms with Crippen LogP contribution >= 0.6 is 30.4 Å². The minimum absolute atomic E-state index is 0.0150. The lowest BCUT2D eigenvalue weighted by molar-refractivity contribution is -0.137. The fourth-order valence-electron chi connectivity index (χ4n) is 7.66. The number of fused-ring (bicyclic) bond motifs is 6. The van der Waals surface area contributed by atoms with Gasteiger partial charge in [0.2, 0.25) is 0 Å². The zero-order valence-corrected chi connectivity index (χ0v) is 43.0. The normalized spacial score (nSPS) is 12.3.